The molecule has 0 saturated heterocycles. The Kier molecular flexibility index (Phi) is 35.8. The molecule has 0 N–H and O–H groups in total. The summed E-state index contributed by atoms with van der Waals surface area (Å²) in [6, 6.07) is 0. The Labute approximate surface area is 329 Å². The van der Waals surface area contributed by atoms with Crippen molar-refractivity contribution in [2.24, 2.45) is 7.05 Å². The van der Waals surface area contributed by atoms with E-state index in [0.29, 0.717) is 45.7 Å². The van der Waals surface area contributed by atoms with E-state index in [9.17, 15) is 9.59 Å². The van der Waals surface area contributed by atoms with Gasteiger partial charge in [-0.15, -0.1) is 0 Å². The van der Waals surface area contributed by atoms with E-state index in [1.54, 1.807) is 6.20 Å². The van der Waals surface area contributed by atoms with Gasteiger partial charge in [0.2, 0.25) is 0 Å². The second-order valence-electron chi connectivity index (χ2n) is 14.7. The van der Waals surface area contributed by atoms with Crippen molar-refractivity contribution in [1.29, 1.82) is 0 Å². The highest BCUT2D eigenvalue weighted by molar-refractivity contribution is 7.99. The number of esters is 2. The van der Waals surface area contributed by atoms with Gasteiger partial charge in [0, 0.05) is 44.0 Å². The molecule has 0 aromatic carbocycles. The summed E-state index contributed by atoms with van der Waals surface area (Å²) in [6.07, 6.45) is 37.2. The minimum absolute atomic E-state index is 0.177. The fraction of sp³-hybridized carbons (Fsp3) is 0.884. The molecule has 0 saturated carbocycles. The van der Waals surface area contributed by atoms with Crippen LogP contribution in [0.25, 0.3) is 0 Å². The summed E-state index contributed by atoms with van der Waals surface area (Å²) >= 11 is 3.77. The lowest BCUT2D eigenvalue weighted by Crippen LogP contribution is -2.30. The van der Waals surface area contributed by atoms with Gasteiger partial charge < -0.3 is 14.0 Å². The number of carbonyl (C=O) groups is 2. The zero-order valence-electron chi connectivity index (χ0n) is 34.2. The molecular formula is C43H81N3O4S2. The third kappa shape index (κ3) is 32.3. The van der Waals surface area contributed by atoms with E-state index < -0.39 is 0 Å². The minimum atomic E-state index is -0.177. The van der Waals surface area contributed by atoms with Gasteiger partial charge in [-0.25, -0.2) is 4.98 Å². The van der Waals surface area contributed by atoms with Crippen LogP contribution in [0.5, 0.6) is 0 Å². The number of aryl methyl sites for hydroxylation is 1. The molecule has 0 radical (unpaired) electrons. The maximum Gasteiger partial charge on any atom is 0.307 e. The molecule has 9 heteroatoms. The van der Waals surface area contributed by atoms with Crippen LogP contribution in [0.1, 0.15) is 187 Å². The number of imidazole rings is 1. The second-order valence-corrected chi connectivity index (χ2v) is 17.1. The first-order valence-corrected chi connectivity index (χ1v) is 24.0. The molecule has 0 aliphatic heterocycles. The van der Waals surface area contributed by atoms with Crippen molar-refractivity contribution in [2.75, 3.05) is 49.3 Å². The molecule has 0 unspecified atom stereocenters. The summed E-state index contributed by atoms with van der Waals surface area (Å²) in [4.78, 5) is 31.6. The number of ether oxygens (including phenoxy) is 2. The lowest BCUT2D eigenvalue weighted by molar-refractivity contribution is -0.143. The van der Waals surface area contributed by atoms with Crippen molar-refractivity contribution in [3.63, 3.8) is 0 Å². The average Bonchev–Trinajstić information content (AvgIpc) is 3.55. The molecule has 52 heavy (non-hydrogen) atoms. The van der Waals surface area contributed by atoms with E-state index in [0.717, 1.165) is 28.8 Å². The SMILES string of the molecule is CCCCCCCCCCCCCCSCCOC(=O)CCN(CCC(=O)OCCSCCCCCCCCCCCCCC)Cc1nccn1C. The number of aromatic nitrogens is 2. The Balaban J connectivity index is 2.06. The summed E-state index contributed by atoms with van der Waals surface area (Å²) in [5.41, 5.74) is 0. The van der Waals surface area contributed by atoms with E-state index >= 15 is 0 Å². The van der Waals surface area contributed by atoms with Gasteiger partial charge in [-0.05, 0) is 24.3 Å². The molecule has 0 aliphatic rings. The molecule has 1 heterocycles. The van der Waals surface area contributed by atoms with E-state index in [1.165, 1.54) is 154 Å². The Morgan fingerprint density at radius 1 is 0.577 bits per heavy atom. The molecule has 0 fully saturated rings. The molecule has 1 aromatic rings. The summed E-state index contributed by atoms with van der Waals surface area (Å²) in [5, 5.41) is 0. The zero-order chi connectivity index (χ0) is 37.6. The fourth-order valence-corrected chi connectivity index (χ4v) is 8.01. The largest absolute Gasteiger partial charge is 0.465 e. The quantitative estimate of drug-likeness (QED) is 0.0483. The van der Waals surface area contributed by atoms with Crippen LogP contribution in [-0.2, 0) is 32.7 Å². The summed E-state index contributed by atoms with van der Waals surface area (Å²) < 4.78 is 13.0. The molecule has 304 valence electrons. The smallest absolute Gasteiger partial charge is 0.307 e. The van der Waals surface area contributed by atoms with Gasteiger partial charge in [0.1, 0.15) is 19.0 Å². The first-order chi connectivity index (χ1) is 25.6. The Bertz CT molecular complexity index is 880. The number of thioether (sulfide) groups is 2. The molecular weight excluding hydrogens is 687 g/mol. The summed E-state index contributed by atoms with van der Waals surface area (Å²) in [5.74, 6) is 4.53. The van der Waals surface area contributed by atoms with E-state index in [-0.39, 0.29) is 11.9 Å². The molecule has 7 nitrogen and oxygen atoms in total. The molecule has 0 atom stereocenters. The van der Waals surface area contributed by atoms with Gasteiger partial charge in [0.15, 0.2) is 0 Å². The van der Waals surface area contributed by atoms with Crippen LogP contribution in [-0.4, -0.2) is 75.7 Å². The Hall–Kier alpha value is -1.19. The topological polar surface area (TPSA) is 73.7 Å². The number of nitrogens with zero attached hydrogens (tertiary/aromatic N) is 3. The minimum Gasteiger partial charge on any atom is -0.465 e. The van der Waals surface area contributed by atoms with E-state index in [1.807, 2.05) is 41.3 Å². The molecule has 1 aromatic heterocycles. The lowest BCUT2D eigenvalue weighted by atomic mass is 10.1. The number of hydrogen-bond acceptors (Lipinski definition) is 8. The monoisotopic (exact) mass is 768 g/mol. The second kappa shape index (κ2) is 38.1. The first-order valence-electron chi connectivity index (χ1n) is 21.7. The van der Waals surface area contributed by atoms with Crippen molar-refractivity contribution >= 4 is 35.5 Å². The number of unbranched alkanes of at least 4 members (excludes halogenated alkanes) is 22. The molecule has 0 amide bonds. The van der Waals surface area contributed by atoms with Gasteiger partial charge in [0.25, 0.3) is 0 Å². The molecule has 0 bridgehead atoms. The maximum atomic E-state index is 12.5. The molecule has 1 rings (SSSR count). The van der Waals surface area contributed by atoms with Crippen LogP contribution in [0.3, 0.4) is 0 Å². The van der Waals surface area contributed by atoms with Crippen molar-refractivity contribution in [3.05, 3.63) is 18.2 Å². The standard InChI is InChI=1S/C43H81N3O4S2/c1-4-6-8-10-12-14-16-18-20-22-24-26-36-51-38-34-49-42(47)28-31-46(40-41-44-30-33-45(41)3)32-29-43(48)50-35-39-52-37-27-25-23-21-19-17-15-13-11-9-7-5-2/h30,33H,4-29,31-32,34-40H2,1-3H3. The highest BCUT2D eigenvalue weighted by Crippen LogP contribution is 2.15. The van der Waals surface area contributed by atoms with Crippen LogP contribution in [0, 0.1) is 0 Å². The third-order valence-electron chi connectivity index (χ3n) is 9.82. The Morgan fingerprint density at radius 2 is 0.942 bits per heavy atom. The van der Waals surface area contributed by atoms with Gasteiger partial charge in [-0.2, -0.15) is 23.5 Å². The van der Waals surface area contributed by atoms with Crippen molar-refractivity contribution < 1.29 is 19.1 Å². The Morgan fingerprint density at radius 3 is 1.29 bits per heavy atom. The van der Waals surface area contributed by atoms with Crippen LogP contribution < -0.4 is 0 Å². The predicted octanol–water partition coefficient (Wildman–Crippen LogP) is 12.0. The van der Waals surface area contributed by atoms with E-state index in [2.05, 4.69) is 23.7 Å². The summed E-state index contributed by atoms with van der Waals surface area (Å²) in [6.45, 7) is 7.11. The van der Waals surface area contributed by atoms with Crippen molar-refractivity contribution in [3.8, 4) is 0 Å². The lowest BCUT2D eigenvalue weighted by Gasteiger charge is -2.21. The van der Waals surface area contributed by atoms with Crippen molar-refractivity contribution in [1.82, 2.24) is 14.5 Å². The van der Waals surface area contributed by atoms with E-state index in [4.69, 9.17) is 9.47 Å². The van der Waals surface area contributed by atoms with Crippen LogP contribution >= 0.6 is 23.5 Å². The highest BCUT2D eigenvalue weighted by Gasteiger charge is 2.15. The molecule has 0 spiro atoms. The van der Waals surface area contributed by atoms with Gasteiger partial charge in [-0.1, -0.05) is 155 Å². The average molecular weight is 768 g/mol. The highest BCUT2D eigenvalue weighted by atomic mass is 32.2. The number of rotatable bonds is 40. The molecule has 0 aliphatic carbocycles. The van der Waals surface area contributed by atoms with Gasteiger partial charge in [-0.3, -0.25) is 14.5 Å². The van der Waals surface area contributed by atoms with Crippen LogP contribution in [0.2, 0.25) is 0 Å². The number of hydrogen-bond donors (Lipinski definition) is 0. The summed E-state index contributed by atoms with van der Waals surface area (Å²) in [7, 11) is 1.97. The first kappa shape index (κ1) is 48.8. The third-order valence-corrected chi connectivity index (χ3v) is 11.9. The normalized spacial score (nSPS) is 11.5. The van der Waals surface area contributed by atoms with Crippen LogP contribution in [0.4, 0.5) is 0 Å². The van der Waals surface area contributed by atoms with Gasteiger partial charge in [0.05, 0.1) is 19.4 Å². The van der Waals surface area contributed by atoms with Crippen molar-refractivity contribution in [2.45, 2.75) is 187 Å². The van der Waals surface area contributed by atoms with Gasteiger partial charge >= 0.3 is 11.9 Å². The zero-order valence-corrected chi connectivity index (χ0v) is 35.8. The van der Waals surface area contributed by atoms with Crippen LogP contribution in [0.15, 0.2) is 12.4 Å². The fourth-order valence-electron chi connectivity index (χ4n) is 6.39. The predicted molar refractivity (Wildman–Crippen MR) is 226 cm³/mol. The maximum absolute atomic E-state index is 12.5. The number of carbonyl (C=O) groups excluding carboxylic acids is 2.